The number of rotatable bonds is 9. The maximum Gasteiger partial charge on any atom is 0.242 e. The second-order valence-corrected chi connectivity index (χ2v) is 6.92. The van der Waals surface area contributed by atoms with Crippen molar-refractivity contribution in [1.82, 2.24) is 9.21 Å². The molecule has 0 radical (unpaired) electrons. The molecule has 0 unspecified atom stereocenters. The van der Waals surface area contributed by atoms with Crippen molar-refractivity contribution in [3.05, 3.63) is 24.3 Å². The fourth-order valence-corrected chi connectivity index (χ4v) is 2.68. The summed E-state index contributed by atoms with van der Waals surface area (Å²) in [6.07, 6.45) is 0. The number of likely N-dealkylation sites (N-methyl/N-ethyl adjacent to an activating group) is 1. The Kier molecular flexibility index (Phi) is 7.10. The zero-order valence-electron chi connectivity index (χ0n) is 12.8. The summed E-state index contributed by atoms with van der Waals surface area (Å²) < 4.78 is 30.6. The van der Waals surface area contributed by atoms with E-state index in [1.165, 1.54) is 30.5 Å². The van der Waals surface area contributed by atoms with Crippen LogP contribution in [0.1, 0.15) is 6.92 Å². The van der Waals surface area contributed by atoms with Crippen LogP contribution in [0.5, 0.6) is 5.75 Å². The molecule has 6 nitrogen and oxygen atoms in total. The van der Waals surface area contributed by atoms with Gasteiger partial charge in [-0.3, -0.25) is 4.90 Å². The normalized spacial score (nSPS) is 12.1. The van der Waals surface area contributed by atoms with Gasteiger partial charge in [0.2, 0.25) is 10.0 Å². The highest BCUT2D eigenvalue weighted by molar-refractivity contribution is 7.89. The molecule has 0 heterocycles. The number of sulfonamides is 1. The molecule has 0 amide bonds. The fraction of sp³-hybridized carbons (Fsp3) is 0.571. The zero-order chi connectivity index (χ0) is 15.9. The van der Waals surface area contributed by atoms with E-state index in [4.69, 9.17) is 9.84 Å². The molecule has 0 atom stereocenters. The van der Waals surface area contributed by atoms with Crippen LogP contribution in [0.15, 0.2) is 29.2 Å². The summed E-state index contributed by atoms with van der Waals surface area (Å²) in [7, 11) is -0.397. The van der Waals surface area contributed by atoms with Crippen LogP contribution < -0.4 is 4.74 Å². The molecule has 1 aromatic rings. The van der Waals surface area contributed by atoms with Crippen LogP contribution in [0, 0.1) is 0 Å². The lowest BCUT2D eigenvalue weighted by molar-refractivity contribution is 0.174. The minimum Gasteiger partial charge on any atom is -0.492 e. The van der Waals surface area contributed by atoms with E-state index >= 15 is 0 Å². The Morgan fingerprint density at radius 3 is 2.24 bits per heavy atom. The summed E-state index contributed by atoms with van der Waals surface area (Å²) in [4.78, 5) is 2.32. The van der Waals surface area contributed by atoms with Crippen molar-refractivity contribution in [2.24, 2.45) is 0 Å². The van der Waals surface area contributed by atoms with E-state index in [0.29, 0.717) is 18.9 Å². The molecule has 0 saturated heterocycles. The van der Waals surface area contributed by atoms with Gasteiger partial charge in [0.05, 0.1) is 11.5 Å². The predicted molar refractivity (Wildman–Crippen MR) is 82.0 cm³/mol. The Bertz CT molecular complexity index is 514. The topological polar surface area (TPSA) is 70.1 Å². The molecule has 7 heteroatoms. The van der Waals surface area contributed by atoms with Gasteiger partial charge in [-0.1, -0.05) is 6.92 Å². The van der Waals surface area contributed by atoms with Gasteiger partial charge in [-0.05, 0) is 30.8 Å². The largest absolute Gasteiger partial charge is 0.492 e. The van der Waals surface area contributed by atoms with E-state index in [0.717, 1.165) is 13.1 Å². The van der Waals surface area contributed by atoms with E-state index in [9.17, 15) is 8.42 Å². The summed E-state index contributed by atoms with van der Waals surface area (Å²) in [5.74, 6) is 0.632. The van der Waals surface area contributed by atoms with Gasteiger partial charge < -0.3 is 9.84 Å². The number of hydrogen-bond donors (Lipinski definition) is 1. The minimum absolute atomic E-state index is 0.130. The van der Waals surface area contributed by atoms with Crippen molar-refractivity contribution in [1.29, 1.82) is 0 Å². The summed E-state index contributed by atoms with van der Waals surface area (Å²) in [5, 5.41) is 8.89. The molecular formula is C14H24N2O4S. The lowest BCUT2D eigenvalue weighted by Crippen LogP contribution is -2.30. The molecule has 1 aromatic carbocycles. The molecule has 0 bridgehead atoms. The monoisotopic (exact) mass is 316 g/mol. The van der Waals surface area contributed by atoms with Crippen LogP contribution in [0.25, 0.3) is 0 Å². The maximum absolute atomic E-state index is 11.9. The second-order valence-electron chi connectivity index (χ2n) is 4.77. The number of hydrogen-bond acceptors (Lipinski definition) is 5. The van der Waals surface area contributed by atoms with Crippen molar-refractivity contribution in [3.8, 4) is 5.75 Å². The van der Waals surface area contributed by atoms with E-state index in [1.807, 2.05) is 6.92 Å². The molecule has 120 valence electrons. The molecule has 0 aliphatic rings. The number of benzene rings is 1. The Morgan fingerprint density at radius 1 is 1.14 bits per heavy atom. The van der Waals surface area contributed by atoms with Gasteiger partial charge in [0.15, 0.2) is 0 Å². The average molecular weight is 316 g/mol. The van der Waals surface area contributed by atoms with E-state index in [-0.39, 0.29) is 11.5 Å². The van der Waals surface area contributed by atoms with Gasteiger partial charge in [-0.15, -0.1) is 0 Å². The first-order valence-electron chi connectivity index (χ1n) is 6.90. The minimum atomic E-state index is -3.40. The number of nitrogens with zero attached hydrogens (tertiary/aromatic N) is 2. The van der Waals surface area contributed by atoms with Crippen molar-refractivity contribution < 1.29 is 18.3 Å². The van der Waals surface area contributed by atoms with Crippen molar-refractivity contribution >= 4 is 10.0 Å². The molecule has 0 spiro atoms. The van der Waals surface area contributed by atoms with E-state index < -0.39 is 10.0 Å². The number of aliphatic hydroxyl groups is 1. The Morgan fingerprint density at radius 2 is 1.76 bits per heavy atom. The van der Waals surface area contributed by atoms with Crippen LogP contribution in [0.4, 0.5) is 0 Å². The summed E-state index contributed by atoms with van der Waals surface area (Å²) in [5.41, 5.74) is 0. The molecule has 0 aromatic heterocycles. The molecule has 0 saturated carbocycles. The van der Waals surface area contributed by atoms with Crippen LogP contribution in [0.2, 0.25) is 0 Å². The third kappa shape index (κ3) is 5.28. The highest BCUT2D eigenvalue weighted by Crippen LogP contribution is 2.18. The van der Waals surface area contributed by atoms with Crippen molar-refractivity contribution in [2.75, 3.05) is 46.9 Å². The zero-order valence-corrected chi connectivity index (χ0v) is 13.6. The molecule has 0 aliphatic heterocycles. The SMILES string of the molecule is CCN(CCO)CCOc1ccc(S(=O)(=O)N(C)C)cc1. The number of aliphatic hydroxyl groups excluding tert-OH is 1. The first-order chi connectivity index (χ1) is 9.91. The molecule has 0 aliphatic carbocycles. The van der Waals surface area contributed by atoms with Crippen LogP contribution in [-0.2, 0) is 10.0 Å². The number of ether oxygens (including phenoxy) is 1. The van der Waals surface area contributed by atoms with Gasteiger partial charge in [-0.25, -0.2) is 12.7 Å². The summed E-state index contributed by atoms with van der Waals surface area (Å²) in [6.45, 7) is 4.84. The quantitative estimate of drug-likeness (QED) is 0.723. The van der Waals surface area contributed by atoms with E-state index in [1.54, 1.807) is 12.1 Å². The first-order valence-corrected chi connectivity index (χ1v) is 8.34. The predicted octanol–water partition coefficient (Wildman–Crippen LogP) is 0.630. The van der Waals surface area contributed by atoms with Crippen LogP contribution in [0.3, 0.4) is 0 Å². The highest BCUT2D eigenvalue weighted by atomic mass is 32.2. The standard InChI is InChI=1S/C14H24N2O4S/c1-4-16(9-11-17)10-12-20-13-5-7-14(8-6-13)21(18,19)15(2)3/h5-8,17H,4,9-12H2,1-3H3. The van der Waals surface area contributed by atoms with Gasteiger partial charge in [0.25, 0.3) is 0 Å². The van der Waals surface area contributed by atoms with Crippen molar-refractivity contribution in [2.45, 2.75) is 11.8 Å². The van der Waals surface area contributed by atoms with E-state index in [2.05, 4.69) is 4.90 Å². The summed E-state index contributed by atoms with van der Waals surface area (Å²) in [6, 6.07) is 6.38. The lowest BCUT2D eigenvalue weighted by atomic mass is 10.3. The molecular weight excluding hydrogens is 292 g/mol. The third-order valence-corrected chi connectivity index (χ3v) is 4.97. The highest BCUT2D eigenvalue weighted by Gasteiger charge is 2.16. The lowest BCUT2D eigenvalue weighted by Gasteiger charge is -2.19. The van der Waals surface area contributed by atoms with Gasteiger partial charge in [0.1, 0.15) is 12.4 Å². The maximum atomic E-state index is 11.9. The Labute approximate surface area is 127 Å². The fourth-order valence-electron chi connectivity index (χ4n) is 1.78. The van der Waals surface area contributed by atoms with Gasteiger partial charge in [-0.2, -0.15) is 0 Å². The first kappa shape index (κ1) is 17.9. The third-order valence-electron chi connectivity index (χ3n) is 3.14. The molecule has 0 fully saturated rings. The molecule has 1 rings (SSSR count). The molecule has 21 heavy (non-hydrogen) atoms. The molecule has 1 N–H and O–H groups in total. The average Bonchev–Trinajstić information content (AvgIpc) is 2.46. The second kappa shape index (κ2) is 8.33. The van der Waals surface area contributed by atoms with Crippen LogP contribution in [-0.4, -0.2) is 69.7 Å². The van der Waals surface area contributed by atoms with Crippen LogP contribution >= 0.6 is 0 Å². The Hall–Kier alpha value is -1.15. The van der Waals surface area contributed by atoms with Gasteiger partial charge in [0, 0.05) is 27.2 Å². The smallest absolute Gasteiger partial charge is 0.242 e. The van der Waals surface area contributed by atoms with Crippen molar-refractivity contribution in [3.63, 3.8) is 0 Å². The Balaban J connectivity index is 2.56. The summed E-state index contributed by atoms with van der Waals surface area (Å²) >= 11 is 0. The van der Waals surface area contributed by atoms with Gasteiger partial charge >= 0.3 is 0 Å².